The molecular formula is C16H29NO3S. The minimum absolute atomic E-state index is 0.101. The summed E-state index contributed by atoms with van der Waals surface area (Å²) >= 11 is 1.35. The molecule has 0 spiro atoms. The van der Waals surface area contributed by atoms with Gasteiger partial charge in [0.05, 0.1) is 0 Å². The highest BCUT2D eigenvalue weighted by molar-refractivity contribution is 8.13. The zero-order valence-electron chi connectivity index (χ0n) is 13.6. The smallest absolute Gasteiger partial charge is 0.410 e. The van der Waals surface area contributed by atoms with Gasteiger partial charge in [-0.2, -0.15) is 0 Å². The molecule has 1 atom stereocenters. The Balaban J connectivity index is 0.00000191. The monoisotopic (exact) mass is 315 g/mol. The second-order valence-electron chi connectivity index (χ2n) is 4.59. The highest BCUT2D eigenvalue weighted by Gasteiger charge is 2.34. The zero-order valence-corrected chi connectivity index (χ0v) is 14.4. The van der Waals surface area contributed by atoms with Crippen LogP contribution in [0.15, 0.2) is 12.7 Å². The summed E-state index contributed by atoms with van der Waals surface area (Å²) in [5, 5.41) is 0.101. The molecule has 0 N–H and O–H groups in total. The number of nitrogens with zero attached hydrogens (tertiary/aromatic N) is 1. The van der Waals surface area contributed by atoms with Gasteiger partial charge in [0.25, 0.3) is 0 Å². The number of carbonyl (C=O) groups is 2. The van der Waals surface area contributed by atoms with Crippen molar-refractivity contribution in [3.63, 3.8) is 0 Å². The van der Waals surface area contributed by atoms with Crippen LogP contribution in [-0.4, -0.2) is 41.1 Å². The Bertz CT molecular complexity index is 321. The van der Waals surface area contributed by atoms with Gasteiger partial charge in [0.2, 0.25) is 5.12 Å². The number of thioether (sulfide) groups is 1. The number of carbonyl (C=O) groups excluding carboxylic acids is 2. The third-order valence-corrected chi connectivity index (χ3v) is 4.13. The van der Waals surface area contributed by atoms with Gasteiger partial charge in [-0.15, -0.1) is 0 Å². The number of hydrogen-bond acceptors (Lipinski definition) is 4. The van der Waals surface area contributed by atoms with Gasteiger partial charge >= 0.3 is 6.09 Å². The molecule has 1 aliphatic heterocycles. The van der Waals surface area contributed by atoms with Crippen molar-refractivity contribution in [2.45, 2.75) is 58.9 Å². The van der Waals surface area contributed by atoms with E-state index >= 15 is 0 Å². The first-order valence-electron chi connectivity index (χ1n) is 7.91. The summed E-state index contributed by atoms with van der Waals surface area (Å²) in [5.41, 5.74) is 0. The molecule has 122 valence electrons. The number of amides is 1. The van der Waals surface area contributed by atoms with Crippen molar-refractivity contribution in [3.05, 3.63) is 12.7 Å². The Labute approximate surface area is 133 Å². The molecule has 1 fully saturated rings. The fourth-order valence-electron chi connectivity index (χ4n) is 2.06. The average molecular weight is 315 g/mol. The molecule has 1 rings (SSSR count). The van der Waals surface area contributed by atoms with E-state index in [1.54, 1.807) is 4.90 Å². The third-order valence-electron chi connectivity index (χ3n) is 3.08. The summed E-state index contributed by atoms with van der Waals surface area (Å²) in [7, 11) is 0. The summed E-state index contributed by atoms with van der Waals surface area (Å²) in [4.78, 5) is 25.4. The molecular weight excluding hydrogens is 286 g/mol. The Kier molecular flexibility index (Phi) is 12.2. The van der Waals surface area contributed by atoms with Gasteiger partial charge in [0.1, 0.15) is 12.6 Å². The van der Waals surface area contributed by atoms with E-state index in [0.717, 1.165) is 37.9 Å². The molecule has 1 amide bonds. The number of hydrogen-bond donors (Lipinski definition) is 0. The summed E-state index contributed by atoms with van der Waals surface area (Å²) in [5.74, 6) is 0.846. The van der Waals surface area contributed by atoms with Crippen LogP contribution in [0.2, 0.25) is 0 Å². The van der Waals surface area contributed by atoms with Crippen molar-refractivity contribution >= 4 is 23.0 Å². The SMILES string of the molecule is C=CCOC(=O)N1CCCC1C(=O)SCCCCC.CC. The van der Waals surface area contributed by atoms with Crippen molar-refractivity contribution in [2.24, 2.45) is 0 Å². The van der Waals surface area contributed by atoms with E-state index in [2.05, 4.69) is 13.5 Å². The molecule has 0 aromatic rings. The summed E-state index contributed by atoms with van der Waals surface area (Å²) in [6.45, 7) is 10.5. The molecule has 0 bridgehead atoms. The molecule has 4 nitrogen and oxygen atoms in total. The van der Waals surface area contributed by atoms with Crippen LogP contribution >= 0.6 is 11.8 Å². The molecule has 1 heterocycles. The van der Waals surface area contributed by atoms with Gasteiger partial charge in [-0.1, -0.05) is 58.0 Å². The van der Waals surface area contributed by atoms with Crippen molar-refractivity contribution in [1.29, 1.82) is 0 Å². The number of unbranched alkanes of at least 4 members (excludes halogenated alkanes) is 2. The van der Waals surface area contributed by atoms with Crippen LogP contribution < -0.4 is 0 Å². The highest BCUT2D eigenvalue weighted by Crippen LogP contribution is 2.24. The largest absolute Gasteiger partial charge is 0.445 e. The normalized spacial score (nSPS) is 16.9. The van der Waals surface area contributed by atoms with Crippen LogP contribution in [0.25, 0.3) is 0 Å². The average Bonchev–Trinajstić information content (AvgIpc) is 3.00. The second kappa shape index (κ2) is 12.7. The molecule has 0 aromatic carbocycles. The van der Waals surface area contributed by atoms with Crippen molar-refractivity contribution in [3.8, 4) is 0 Å². The van der Waals surface area contributed by atoms with E-state index in [1.165, 1.54) is 17.8 Å². The number of rotatable bonds is 7. The standard InChI is InChI=1S/C14H23NO3S.C2H6/c1-3-5-6-11-19-13(16)12-8-7-9-15(12)14(17)18-10-4-2;1-2/h4,12H,2-3,5-11H2,1H3;1-2H3. The van der Waals surface area contributed by atoms with E-state index in [4.69, 9.17) is 4.74 Å². The van der Waals surface area contributed by atoms with E-state index < -0.39 is 6.09 Å². The summed E-state index contributed by atoms with van der Waals surface area (Å²) in [6, 6.07) is -0.302. The van der Waals surface area contributed by atoms with E-state index in [1.807, 2.05) is 13.8 Å². The van der Waals surface area contributed by atoms with Gasteiger partial charge in [0, 0.05) is 12.3 Å². The Morgan fingerprint density at radius 1 is 1.38 bits per heavy atom. The maximum absolute atomic E-state index is 12.1. The second-order valence-corrected chi connectivity index (χ2v) is 5.69. The lowest BCUT2D eigenvalue weighted by molar-refractivity contribution is -0.114. The first kappa shape index (κ1) is 20.0. The molecule has 1 unspecified atom stereocenters. The van der Waals surface area contributed by atoms with Crippen LogP contribution in [-0.2, 0) is 9.53 Å². The fraction of sp³-hybridized carbons (Fsp3) is 0.750. The van der Waals surface area contributed by atoms with Crippen LogP contribution in [0.5, 0.6) is 0 Å². The van der Waals surface area contributed by atoms with Crippen molar-refractivity contribution < 1.29 is 14.3 Å². The third kappa shape index (κ3) is 7.55. The molecule has 1 aliphatic rings. The fourth-order valence-corrected chi connectivity index (χ4v) is 3.05. The molecule has 0 radical (unpaired) electrons. The Hall–Kier alpha value is -0.970. The van der Waals surface area contributed by atoms with Gasteiger partial charge < -0.3 is 4.74 Å². The van der Waals surface area contributed by atoms with Crippen LogP contribution in [0, 0.1) is 0 Å². The van der Waals surface area contributed by atoms with E-state index in [-0.39, 0.29) is 17.8 Å². The zero-order chi connectivity index (χ0) is 16.1. The first-order chi connectivity index (χ1) is 10.2. The lowest BCUT2D eigenvalue weighted by Crippen LogP contribution is -2.40. The minimum atomic E-state index is -0.398. The summed E-state index contributed by atoms with van der Waals surface area (Å²) < 4.78 is 5.01. The number of ether oxygens (including phenoxy) is 1. The van der Waals surface area contributed by atoms with E-state index in [0.29, 0.717) is 6.54 Å². The first-order valence-corrected chi connectivity index (χ1v) is 8.90. The van der Waals surface area contributed by atoms with Crippen LogP contribution in [0.4, 0.5) is 4.79 Å². The Morgan fingerprint density at radius 3 is 2.71 bits per heavy atom. The maximum Gasteiger partial charge on any atom is 0.410 e. The molecule has 21 heavy (non-hydrogen) atoms. The predicted octanol–water partition coefficient (Wildman–Crippen LogP) is 4.25. The summed E-state index contributed by atoms with van der Waals surface area (Å²) in [6.07, 6.45) is 6.11. The quantitative estimate of drug-likeness (QED) is 0.520. The highest BCUT2D eigenvalue weighted by atomic mass is 32.2. The topological polar surface area (TPSA) is 46.6 Å². The number of likely N-dealkylation sites (tertiary alicyclic amines) is 1. The van der Waals surface area contributed by atoms with Crippen molar-refractivity contribution in [1.82, 2.24) is 4.90 Å². The van der Waals surface area contributed by atoms with Crippen LogP contribution in [0.1, 0.15) is 52.9 Å². The molecule has 1 saturated heterocycles. The molecule has 5 heteroatoms. The lowest BCUT2D eigenvalue weighted by atomic mass is 10.2. The Morgan fingerprint density at radius 2 is 2.10 bits per heavy atom. The van der Waals surface area contributed by atoms with Crippen molar-refractivity contribution in [2.75, 3.05) is 18.9 Å². The van der Waals surface area contributed by atoms with E-state index in [9.17, 15) is 9.59 Å². The molecule has 0 aliphatic carbocycles. The van der Waals surface area contributed by atoms with Crippen LogP contribution in [0.3, 0.4) is 0 Å². The van der Waals surface area contributed by atoms with Gasteiger partial charge in [0.15, 0.2) is 0 Å². The minimum Gasteiger partial charge on any atom is -0.445 e. The van der Waals surface area contributed by atoms with Gasteiger partial charge in [-0.05, 0) is 19.3 Å². The van der Waals surface area contributed by atoms with Gasteiger partial charge in [-0.25, -0.2) is 4.79 Å². The van der Waals surface area contributed by atoms with Gasteiger partial charge in [-0.3, -0.25) is 9.69 Å². The molecule has 0 aromatic heterocycles. The lowest BCUT2D eigenvalue weighted by Gasteiger charge is -2.22. The predicted molar refractivity (Wildman–Crippen MR) is 89.6 cm³/mol. The maximum atomic E-state index is 12.1. The molecule has 0 saturated carbocycles.